The molecule has 3 aromatic rings. The van der Waals surface area contributed by atoms with E-state index < -0.39 is 26.1 Å². The lowest BCUT2D eigenvalue weighted by Gasteiger charge is -1.96. The molecule has 0 unspecified atom stereocenters. The van der Waals surface area contributed by atoms with Gasteiger partial charge in [0.2, 0.25) is 5.58 Å². The molecule has 0 N–H and O–H groups in total. The first-order chi connectivity index (χ1) is 10.8. The summed E-state index contributed by atoms with van der Waals surface area (Å²) < 4.78 is 5.47. The predicted molar refractivity (Wildman–Crippen MR) is 81.4 cm³/mol. The van der Waals surface area contributed by atoms with Crippen molar-refractivity contribution in [1.29, 1.82) is 0 Å². The molecule has 0 bridgehead atoms. The fraction of sp³-hybridized carbons (Fsp3) is 0. The number of halogens is 1. The standard InChI is InChI=1S/C12H4BrN3O7/c13-8-3-6-7-1-5(14(17)18)2-10(16(21)22)12(7)23-11(6)4-9(8)15(19)20/h1-4H. The van der Waals surface area contributed by atoms with Crippen molar-refractivity contribution in [2.24, 2.45) is 0 Å². The van der Waals surface area contributed by atoms with E-state index in [1.54, 1.807) is 0 Å². The van der Waals surface area contributed by atoms with Gasteiger partial charge in [-0.05, 0) is 22.0 Å². The van der Waals surface area contributed by atoms with Gasteiger partial charge < -0.3 is 4.42 Å². The molecule has 0 aliphatic rings. The number of nitrogens with zero attached hydrogens (tertiary/aromatic N) is 3. The summed E-state index contributed by atoms with van der Waals surface area (Å²) in [5, 5.41) is 33.4. The van der Waals surface area contributed by atoms with Gasteiger partial charge in [0.15, 0.2) is 0 Å². The Kier molecular flexibility index (Phi) is 3.21. The number of furan rings is 1. The van der Waals surface area contributed by atoms with Crippen molar-refractivity contribution >= 4 is 54.9 Å². The fourth-order valence-corrected chi connectivity index (χ4v) is 2.72. The molecule has 10 nitrogen and oxygen atoms in total. The van der Waals surface area contributed by atoms with E-state index >= 15 is 0 Å². The Balaban J connectivity index is 2.48. The van der Waals surface area contributed by atoms with Gasteiger partial charge in [0.25, 0.3) is 11.4 Å². The Morgan fingerprint density at radius 3 is 2.04 bits per heavy atom. The Morgan fingerprint density at radius 2 is 1.48 bits per heavy atom. The average Bonchev–Trinajstić information content (AvgIpc) is 2.82. The highest BCUT2D eigenvalue weighted by Crippen LogP contribution is 2.41. The Labute approximate surface area is 133 Å². The van der Waals surface area contributed by atoms with Crippen LogP contribution in [0.25, 0.3) is 21.9 Å². The molecular weight excluding hydrogens is 378 g/mol. The molecule has 1 aromatic heterocycles. The second-order valence-corrected chi connectivity index (χ2v) is 5.37. The summed E-state index contributed by atoms with van der Waals surface area (Å²) in [5.74, 6) is 0. The van der Waals surface area contributed by atoms with E-state index in [4.69, 9.17) is 4.42 Å². The second-order valence-electron chi connectivity index (χ2n) is 4.51. The van der Waals surface area contributed by atoms with Crippen LogP contribution in [0.1, 0.15) is 0 Å². The minimum absolute atomic E-state index is 0.0264. The third kappa shape index (κ3) is 2.26. The summed E-state index contributed by atoms with van der Waals surface area (Å²) in [6.07, 6.45) is 0. The minimum Gasteiger partial charge on any atom is -0.449 e. The van der Waals surface area contributed by atoms with E-state index in [2.05, 4.69) is 15.9 Å². The van der Waals surface area contributed by atoms with Crippen LogP contribution >= 0.6 is 15.9 Å². The highest BCUT2D eigenvalue weighted by atomic mass is 79.9. The molecular formula is C12H4BrN3O7. The molecule has 0 aliphatic carbocycles. The zero-order valence-electron chi connectivity index (χ0n) is 10.9. The van der Waals surface area contributed by atoms with Crippen molar-refractivity contribution in [1.82, 2.24) is 0 Å². The fourth-order valence-electron chi connectivity index (χ4n) is 2.23. The molecule has 0 saturated carbocycles. The molecule has 0 amide bonds. The molecule has 23 heavy (non-hydrogen) atoms. The topological polar surface area (TPSA) is 143 Å². The van der Waals surface area contributed by atoms with E-state index in [1.807, 2.05) is 0 Å². The van der Waals surface area contributed by atoms with Crippen LogP contribution in [0.3, 0.4) is 0 Å². The molecule has 3 rings (SSSR count). The summed E-state index contributed by atoms with van der Waals surface area (Å²) in [5.41, 5.74) is -1.49. The third-order valence-corrected chi connectivity index (χ3v) is 3.84. The summed E-state index contributed by atoms with van der Waals surface area (Å²) >= 11 is 3.03. The van der Waals surface area contributed by atoms with Crippen LogP contribution in [0.2, 0.25) is 0 Å². The second kappa shape index (κ2) is 4.98. The minimum atomic E-state index is -0.804. The van der Waals surface area contributed by atoms with Crippen LogP contribution < -0.4 is 0 Å². The third-order valence-electron chi connectivity index (χ3n) is 3.21. The van der Waals surface area contributed by atoms with Crippen molar-refractivity contribution in [3.8, 4) is 0 Å². The quantitative estimate of drug-likeness (QED) is 0.491. The van der Waals surface area contributed by atoms with E-state index in [1.165, 1.54) is 6.07 Å². The normalized spacial score (nSPS) is 11.0. The van der Waals surface area contributed by atoms with E-state index in [9.17, 15) is 30.3 Å². The van der Waals surface area contributed by atoms with Crippen molar-refractivity contribution in [2.45, 2.75) is 0 Å². The molecule has 2 aromatic carbocycles. The number of fused-ring (bicyclic) bond motifs is 3. The van der Waals surface area contributed by atoms with E-state index in [-0.39, 0.29) is 26.7 Å². The van der Waals surface area contributed by atoms with Crippen molar-refractivity contribution < 1.29 is 19.2 Å². The summed E-state index contributed by atoms with van der Waals surface area (Å²) in [7, 11) is 0. The van der Waals surface area contributed by atoms with Crippen LogP contribution in [0.5, 0.6) is 0 Å². The molecule has 1 heterocycles. The molecule has 11 heteroatoms. The van der Waals surface area contributed by atoms with Gasteiger partial charge in [0, 0.05) is 16.8 Å². The van der Waals surface area contributed by atoms with Crippen molar-refractivity contribution in [3.05, 3.63) is 59.1 Å². The predicted octanol–water partition coefficient (Wildman–Crippen LogP) is 4.07. The van der Waals surface area contributed by atoms with Gasteiger partial charge in [0.1, 0.15) is 5.58 Å². The zero-order chi connectivity index (χ0) is 16.9. The van der Waals surface area contributed by atoms with Crippen LogP contribution in [-0.2, 0) is 0 Å². The smallest absolute Gasteiger partial charge is 0.319 e. The number of benzene rings is 2. The Morgan fingerprint density at radius 1 is 0.826 bits per heavy atom. The van der Waals surface area contributed by atoms with E-state index in [0.717, 1.165) is 18.2 Å². The molecule has 0 atom stereocenters. The summed E-state index contributed by atoms with van der Waals surface area (Å²) in [6.45, 7) is 0. The van der Waals surface area contributed by atoms with Gasteiger partial charge in [-0.3, -0.25) is 30.3 Å². The SMILES string of the molecule is O=[N+]([O-])c1cc([N+](=O)[O-])c2oc3cc([N+](=O)[O-])c(Br)cc3c2c1. The van der Waals surface area contributed by atoms with Gasteiger partial charge in [0.05, 0.1) is 31.4 Å². The Hall–Kier alpha value is -3.08. The van der Waals surface area contributed by atoms with Crippen LogP contribution in [0.4, 0.5) is 17.1 Å². The number of nitro groups is 3. The summed E-state index contributed by atoms with van der Waals surface area (Å²) in [4.78, 5) is 30.8. The van der Waals surface area contributed by atoms with Crippen LogP contribution in [-0.4, -0.2) is 14.8 Å². The lowest BCUT2D eigenvalue weighted by atomic mass is 10.1. The van der Waals surface area contributed by atoms with Gasteiger partial charge in [-0.1, -0.05) is 0 Å². The first-order valence-electron chi connectivity index (χ1n) is 5.92. The maximum atomic E-state index is 11.1. The first-order valence-corrected chi connectivity index (χ1v) is 6.72. The lowest BCUT2D eigenvalue weighted by Crippen LogP contribution is -1.92. The first kappa shape index (κ1) is 14.8. The zero-order valence-corrected chi connectivity index (χ0v) is 12.5. The molecule has 0 saturated heterocycles. The van der Waals surface area contributed by atoms with Crippen molar-refractivity contribution in [3.63, 3.8) is 0 Å². The maximum Gasteiger partial charge on any atom is 0.319 e. The number of nitro benzene ring substituents is 3. The molecule has 0 radical (unpaired) electrons. The highest BCUT2D eigenvalue weighted by molar-refractivity contribution is 9.10. The monoisotopic (exact) mass is 381 g/mol. The number of rotatable bonds is 3. The van der Waals surface area contributed by atoms with Crippen molar-refractivity contribution in [2.75, 3.05) is 0 Å². The molecule has 116 valence electrons. The molecule has 0 aliphatic heterocycles. The highest BCUT2D eigenvalue weighted by Gasteiger charge is 2.26. The van der Waals surface area contributed by atoms with E-state index in [0.29, 0.717) is 5.39 Å². The van der Waals surface area contributed by atoms with Gasteiger partial charge in [-0.2, -0.15) is 0 Å². The average molecular weight is 382 g/mol. The number of hydrogen-bond acceptors (Lipinski definition) is 7. The van der Waals surface area contributed by atoms with Crippen LogP contribution in [0.15, 0.2) is 33.2 Å². The number of hydrogen-bond donors (Lipinski definition) is 0. The largest absolute Gasteiger partial charge is 0.449 e. The van der Waals surface area contributed by atoms with Crippen LogP contribution in [0, 0.1) is 30.3 Å². The van der Waals surface area contributed by atoms with Gasteiger partial charge in [-0.25, -0.2) is 0 Å². The summed E-state index contributed by atoms with van der Waals surface area (Å²) in [6, 6.07) is 4.36. The number of non-ortho nitro benzene ring substituents is 2. The maximum absolute atomic E-state index is 11.1. The van der Waals surface area contributed by atoms with Gasteiger partial charge in [-0.15, -0.1) is 0 Å². The van der Waals surface area contributed by atoms with Gasteiger partial charge >= 0.3 is 5.69 Å². The Bertz CT molecular complexity index is 1030. The molecule has 0 spiro atoms. The molecule has 0 fully saturated rings. The lowest BCUT2D eigenvalue weighted by molar-refractivity contribution is -0.393.